The molecule has 0 aliphatic rings. The van der Waals surface area contributed by atoms with Crippen LogP contribution in [0.25, 0.3) is 11.3 Å². The van der Waals surface area contributed by atoms with E-state index in [0.29, 0.717) is 12.4 Å². The highest BCUT2D eigenvalue weighted by Gasteiger charge is 2.17. The van der Waals surface area contributed by atoms with Gasteiger partial charge in [0.25, 0.3) is 0 Å². The fraction of sp³-hybridized carbons (Fsp3) is 0.385. The third-order valence-electron chi connectivity index (χ3n) is 2.92. The van der Waals surface area contributed by atoms with E-state index in [2.05, 4.69) is 16.0 Å². The van der Waals surface area contributed by atoms with Crippen LogP contribution in [0.3, 0.4) is 0 Å². The van der Waals surface area contributed by atoms with Gasteiger partial charge >= 0.3 is 0 Å². The Morgan fingerprint density at radius 1 is 1.50 bits per heavy atom. The first kappa shape index (κ1) is 12.2. The van der Waals surface area contributed by atoms with Crippen molar-refractivity contribution in [3.8, 4) is 23.6 Å². The third-order valence-corrected chi connectivity index (χ3v) is 2.92. The number of aromatic nitrogens is 4. The number of aryl methyl sites for hydroxylation is 3. The van der Waals surface area contributed by atoms with Crippen LogP contribution in [-0.4, -0.2) is 19.3 Å². The van der Waals surface area contributed by atoms with Crippen LogP contribution < -0.4 is 5.73 Å². The lowest BCUT2D eigenvalue weighted by atomic mass is 10.2. The zero-order chi connectivity index (χ0) is 13.3. The lowest BCUT2D eigenvalue weighted by molar-refractivity contribution is 0.756. The first-order valence-corrected chi connectivity index (χ1v) is 5.87. The standard InChI is InChI=1S/C13H17N5/c1-5-7-18-11(6-2)15-12(13(18)14)10-8-17(4)16-9(10)3/h1,8H,6-7,14H2,2-4H3. The van der Waals surface area contributed by atoms with Gasteiger partial charge < -0.3 is 10.3 Å². The monoisotopic (exact) mass is 243 g/mol. The van der Waals surface area contributed by atoms with Crippen molar-refractivity contribution < 1.29 is 0 Å². The quantitative estimate of drug-likeness (QED) is 0.828. The predicted octanol–water partition coefficient (Wildman–Crippen LogP) is 1.37. The van der Waals surface area contributed by atoms with E-state index in [1.165, 1.54) is 0 Å². The molecule has 18 heavy (non-hydrogen) atoms. The van der Waals surface area contributed by atoms with Crippen molar-refractivity contribution in [2.24, 2.45) is 7.05 Å². The molecule has 2 rings (SSSR count). The number of terminal acetylenes is 1. The van der Waals surface area contributed by atoms with Crippen LogP contribution in [0.4, 0.5) is 5.82 Å². The van der Waals surface area contributed by atoms with Crippen molar-refractivity contribution >= 4 is 5.82 Å². The molecule has 0 radical (unpaired) electrons. The Kier molecular flexibility index (Phi) is 3.11. The number of nitrogen functional groups attached to an aromatic ring is 1. The summed E-state index contributed by atoms with van der Waals surface area (Å²) >= 11 is 0. The lowest BCUT2D eigenvalue weighted by Crippen LogP contribution is -2.05. The molecule has 94 valence electrons. The van der Waals surface area contributed by atoms with Crippen LogP contribution in [0.2, 0.25) is 0 Å². The Morgan fingerprint density at radius 2 is 2.22 bits per heavy atom. The summed E-state index contributed by atoms with van der Waals surface area (Å²) in [5, 5.41) is 4.31. The van der Waals surface area contributed by atoms with Gasteiger partial charge in [-0.05, 0) is 6.92 Å². The zero-order valence-electron chi connectivity index (χ0n) is 10.9. The number of imidazole rings is 1. The van der Waals surface area contributed by atoms with Gasteiger partial charge in [-0.15, -0.1) is 6.42 Å². The topological polar surface area (TPSA) is 61.7 Å². The second kappa shape index (κ2) is 4.57. The molecule has 2 aromatic rings. The zero-order valence-corrected chi connectivity index (χ0v) is 10.9. The first-order valence-electron chi connectivity index (χ1n) is 5.87. The van der Waals surface area contributed by atoms with E-state index in [4.69, 9.17) is 12.2 Å². The Hall–Kier alpha value is -2.22. The van der Waals surface area contributed by atoms with Gasteiger partial charge in [0, 0.05) is 25.2 Å². The van der Waals surface area contributed by atoms with Gasteiger partial charge in [0.2, 0.25) is 0 Å². The summed E-state index contributed by atoms with van der Waals surface area (Å²) in [4.78, 5) is 4.58. The highest BCUT2D eigenvalue weighted by atomic mass is 15.3. The molecule has 2 heterocycles. The Morgan fingerprint density at radius 3 is 2.72 bits per heavy atom. The van der Waals surface area contributed by atoms with E-state index >= 15 is 0 Å². The van der Waals surface area contributed by atoms with E-state index in [1.807, 2.05) is 31.7 Å². The van der Waals surface area contributed by atoms with Crippen LogP contribution in [0.1, 0.15) is 18.4 Å². The molecule has 0 spiro atoms. The fourth-order valence-corrected chi connectivity index (χ4v) is 2.08. The second-order valence-electron chi connectivity index (χ2n) is 4.21. The molecule has 5 heteroatoms. The van der Waals surface area contributed by atoms with E-state index < -0.39 is 0 Å². The van der Waals surface area contributed by atoms with Gasteiger partial charge in [0.15, 0.2) is 0 Å². The van der Waals surface area contributed by atoms with Crippen molar-refractivity contribution in [3.05, 3.63) is 17.7 Å². The predicted molar refractivity (Wildman–Crippen MR) is 71.8 cm³/mol. The smallest absolute Gasteiger partial charge is 0.132 e. The van der Waals surface area contributed by atoms with Gasteiger partial charge in [0.05, 0.1) is 12.2 Å². The summed E-state index contributed by atoms with van der Waals surface area (Å²) in [6, 6.07) is 0. The summed E-state index contributed by atoms with van der Waals surface area (Å²) in [7, 11) is 1.88. The first-order chi connectivity index (χ1) is 8.58. The van der Waals surface area contributed by atoms with Gasteiger partial charge in [-0.25, -0.2) is 4.98 Å². The highest BCUT2D eigenvalue weighted by molar-refractivity contribution is 5.72. The van der Waals surface area contributed by atoms with Crippen molar-refractivity contribution in [3.63, 3.8) is 0 Å². The molecule has 0 aromatic carbocycles. The summed E-state index contributed by atoms with van der Waals surface area (Å²) < 4.78 is 3.64. The molecular formula is C13H17N5. The van der Waals surface area contributed by atoms with Crippen LogP contribution in [0.5, 0.6) is 0 Å². The minimum Gasteiger partial charge on any atom is -0.383 e. The number of nitrogens with zero attached hydrogens (tertiary/aromatic N) is 4. The average molecular weight is 243 g/mol. The molecule has 0 bridgehead atoms. The molecule has 2 aromatic heterocycles. The van der Waals surface area contributed by atoms with Crippen LogP contribution in [0, 0.1) is 19.3 Å². The SMILES string of the molecule is C#CCn1c(CC)nc(-c2cn(C)nc2C)c1N. The highest BCUT2D eigenvalue weighted by Crippen LogP contribution is 2.28. The minimum atomic E-state index is 0.446. The molecule has 0 saturated carbocycles. The minimum absolute atomic E-state index is 0.446. The number of nitrogens with two attached hydrogens (primary N) is 1. The van der Waals surface area contributed by atoms with Crippen molar-refractivity contribution in [1.29, 1.82) is 0 Å². The fourth-order valence-electron chi connectivity index (χ4n) is 2.08. The third kappa shape index (κ3) is 1.86. The number of rotatable bonds is 3. The van der Waals surface area contributed by atoms with Crippen molar-refractivity contribution in [2.45, 2.75) is 26.8 Å². The maximum atomic E-state index is 6.14. The number of anilines is 1. The molecule has 0 aliphatic carbocycles. The molecule has 0 saturated heterocycles. The maximum Gasteiger partial charge on any atom is 0.132 e. The Balaban J connectivity index is 2.59. The summed E-state index contributed by atoms with van der Waals surface area (Å²) in [5.74, 6) is 4.12. The molecule has 5 nitrogen and oxygen atoms in total. The van der Waals surface area contributed by atoms with Crippen LogP contribution in [-0.2, 0) is 20.0 Å². The molecule has 0 fully saturated rings. The van der Waals surface area contributed by atoms with Gasteiger partial charge in [-0.1, -0.05) is 12.8 Å². The van der Waals surface area contributed by atoms with Crippen LogP contribution >= 0.6 is 0 Å². The van der Waals surface area contributed by atoms with Crippen LogP contribution in [0.15, 0.2) is 6.20 Å². The molecule has 2 N–H and O–H groups in total. The van der Waals surface area contributed by atoms with Crippen molar-refractivity contribution in [2.75, 3.05) is 5.73 Å². The van der Waals surface area contributed by atoms with Gasteiger partial charge in [-0.2, -0.15) is 5.10 Å². The molecular weight excluding hydrogens is 226 g/mol. The number of hydrogen-bond acceptors (Lipinski definition) is 3. The number of hydrogen-bond donors (Lipinski definition) is 1. The largest absolute Gasteiger partial charge is 0.383 e. The summed E-state index contributed by atoms with van der Waals surface area (Å²) in [6.07, 6.45) is 8.09. The van der Waals surface area contributed by atoms with E-state index in [1.54, 1.807) is 4.68 Å². The lowest BCUT2D eigenvalue weighted by Gasteiger charge is -2.03. The summed E-state index contributed by atoms with van der Waals surface area (Å²) in [6.45, 7) is 4.43. The second-order valence-corrected chi connectivity index (χ2v) is 4.21. The normalized spacial score (nSPS) is 10.6. The molecule has 0 aliphatic heterocycles. The van der Waals surface area contributed by atoms with E-state index in [0.717, 1.165) is 29.2 Å². The van der Waals surface area contributed by atoms with Gasteiger partial charge in [0.1, 0.15) is 17.3 Å². The Labute approximate surface area is 107 Å². The van der Waals surface area contributed by atoms with Crippen molar-refractivity contribution in [1.82, 2.24) is 19.3 Å². The molecule has 0 amide bonds. The Bertz CT molecular complexity index is 612. The maximum absolute atomic E-state index is 6.14. The van der Waals surface area contributed by atoms with Gasteiger partial charge in [-0.3, -0.25) is 4.68 Å². The average Bonchev–Trinajstić information content (AvgIpc) is 2.81. The molecule has 0 unspecified atom stereocenters. The van der Waals surface area contributed by atoms with E-state index in [9.17, 15) is 0 Å². The molecule has 0 atom stereocenters. The summed E-state index contributed by atoms with van der Waals surface area (Å²) in [5.41, 5.74) is 8.79. The van der Waals surface area contributed by atoms with E-state index in [-0.39, 0.29) is 0 Å².